The highest BCUT2D eigenvalue weighted by atomic mass is 14.7. The van der Waals surface area contributed by atoms with E-state index in [2.05, 4.69) is 42.2 Å². The van der Waals surface area contributed by atoms with Crippen LogP contribution in [0.4, 0.5) is 0 Å². The number of hydrogen-bond acceptors (Lipinski definition) is 1. The molecule has 0 spiro atoms. The first-order chi connectivity index (χ1) is 7.86. The minimum atomic E-state index is 0.672. The fraction of sp³-hybridized carbons (Fsp3) is 0.400. The third kappa shape index (κ3) is 1.51. The molecule has 1 heteroatoms. The molecule has 0 bridgehead atoms. The lowest BCUT2D eigenvalue weighted by Gasteiger charge is -2.16. The van der Waals surface area contributed by atoms with E-state index in [1.54, 1.807) is 0 Å². The Labute approximate surface area is 96.5 Å². The van der Waals surface area contributed by atoms with Crippen molar-refractivity contribution in [1.29, 1.82) is 0 Å². The third-order valence-corrected chi connectivity index (χ3v) is 3.92. The van der Waals surface area contributed by atoms with Gasteiger partial charge in [-0.1, -0.05) is 44.0 Å². The average Bonchev–Trinajstić information content (AvgIpc) is 2.75. The summed E-state index contributed by atoms with van der Waals surface area (Å²) >= 11 is 0. The molecule has 2 aromatic rings. The summed E-state index contributed by atoms with van der Waals surface area (Å²) in [5, 5.41) is 2.68. The van der Waals surface area contributed by atoms with Gasteiger partial charge in [0.05, 0.1) is 5.69 Å². The van der Waals surface area contributed by atoms with Crippen molar-refractivity contribution in [1.82, 2.24) is 4.98 Å². The van der Waals surface area contributed by atoms with Gasteiger partial charge in [-0.05, 0) is 23.8 Å². The third-order valence-electron chi connectivity index (χ3n) is 3.92. The van der Waals surface area contributed by atoms with Crippen molar-refractivity contribution in [3.05, 3.63) is 42.2 Å². The molecule has 1 saturated carbocycles. The molecule has 2 atom stereocenters. The lowest BCUT2D eigenvalue weighted by molar-refractivity contribution is 0.526. The van der Waals surface area contributed by atoms with Gasteiger partial charge in [0.25, 0.3) is 0 Å². The van der Waals surface area contributed by atoms with Crippen molar-refractivity contribution >= 4 is 10.8 Å². The van der Waals surface area contributed by atoms with Crippen LogP contribution in [-0.2, 0) is 0 Å². The molecule has 1 aromatic heterocycles. The molecule has 1 nitrogen and oxygen atoms in total. The summed E-state index contributed by atoms with van der Waals surface area (Å²) in [6.07, 6.45) is 5.98. The van der Waals surface area contributed by atoms with Crippen LogP contribution in [0.2, 0.25) is 0 Å². The van der Waals surface area contributed by atoms with Gasteiger partial charge < -0.3 is 0 Å². The number of hydrogen-bond donors (Lipinski definition) is 0. The van der Waals surface area contributed by atoms with Gasteiger partial charge in [-0.2, -0.15) is 0 Å². The fourth-order valence-electron chi connectivity index (χ4n) is 2.99. The van der Waals surface area contributed by atoms with E-state index in [1.807, 2.05) is 6.20 Å². The van der Waals surface area contributed by atoms with E-state index in [0.29, 0.717) is 5.92 Å². The van der Waals surface area contributed by atoms with Crippen molar-refractivity contribution in [2.24, 2.45) is 5.92 Å². The Balaban J connectivity index is 2.16. The highest BCUT2D eigenvalue weighted by molar-refractivity contribution is 5.84. The Morgan fingerprint density at radius 1 is 1.12 bits per heavy atom. The molecular weight excluding hydrogens is 194 g/mol. The number of fused-ring (bicyclic) bond motifs is 1. The van der Waals surface area contributed by atoms with Crippen molar-refractivity contribution in [3.63, 3.8) is 0 Å². The van der Waals surface area contributed by atoms with Crippen LogP contribution in [0, 0.1) is 5.92 Å². The van der Waals surface area contributed by atoms with Crippen molar-refractivity contribution in [2.75, 3.05) is 0 Å². The zero-order valence-corrected chi connectivity index (χ0v) is 9.69. The second-order valence-electron chi connectivity index (χ2n) is 4.93. The van der Waals surface area contributed by atoms with E-state index >= 15 is 0 Å². The van der Waals surface area contributed by atoms with Crippen LogP contribution in [-0.4, -0.2) is 4.98 Å². The first kappa shape index (κ1) is 9.83. The van der Waals surface area contributed by atoms with Crippen molar-refractivity contribution in [3.8, 4) is 0 Å². The van der Waals surface area contributed by atoms with Gasteiger partial charge in [-0.15, -0.1) is 0 Å². The zero-order valence-electron chi connectivity index (χ0n) is 9.69. The molecule has 1 fully saturated rings. The minimum Gasteiger partial charge on any atom is -0.260 e. The van der Waals surface area contributed by atoms with E-state index in [1.165, 1.54) is 35.7 Å². The van der Waals surface area contributed by atoms with Crippen molar-refractivity contribution < 1.29 is 0 Å². The Morgan fingerprint density at radius 2 is 2.00 bits per heavy atom. The summed E-state index contributed by atoms with van der Waals surface area (Å²) in [6, 6.07) is 10.7. The molecule has 3 rings (SSSR count). The summed E-state index contributed by atoms with van der Waals surface area (Å²) in [6.45, 7) is 2.36. The van der Waals surface area contributed by atoms with E-state index in [-0.39, 0.29) is 0 Å². The summed E-state index contributed by atoms with van der Waals surface area (Å²) < 4.78 is 0. The van der Waals surface area contributed by atoms with Gasteiger partial charge in [0.1, 0.15) is 0 Å². The van der Waals surface area contributed by atoms with Gasteiger partial charge >= 0.3 is 0 Å². The topological polar surface area (TPSA) is 12.9 Å². The Kier molecular flexibility index (Phi) is 2.39. The van der Waals surface area contributed by atoms with Gasteiger partial charge in [0.15, 0.2) is 0 Å². The van der Waals surface area contributed by atoms with E-state index in [9.17, 15) is 0 Å². The predicted octanol–water partition coefficient (Wildman–Crippen LogP) is 4.14. The maximum absolute atomic E-state index is 4.64. The van der Waals surface area contributed by atoms with E-state index in [4.69, 9.17) is 0 Å². The first-order valence-corrected chi connectivity index (χ1v) is 6.20. The molecule has 0 unspecified atom stereocenters. The molecule has 0 aliphatic heterocycles. The maximum atomic E-state index is 4.64. The summed E-state index contributed by atoms with van der Waals surface area (Å²) in [5.41, 5.74) is 1.32. The number of benzene rings is 1. The van der Waals surface area contributed by atoms with Gasteiger partial charge in [0.2, 0.25) is 0 Å². The summed E-state index contributed by atoms with van der Waals surface area (Å²) in [5.74, 6) is 1.46. The fourth-order valence-corrected chi connectivity index (χ4v) is 2.99. The number of aromatic nitrogens is 1. The summed E-state index contributed by atoms with van der Waals surface area (Å²) in [4.78, 5) is 4.64. The van der Waals surface area contributed by atoms with Crippen LogP contribution >= 0.6 is 0 Å². The molecule has 1 aromatic carbocycles. The monoisotopic (exact) mass is 211 g/mol. The molecule has 82 valence electrons. The molecule has 1 aliphatic rings. The molecule has 0 N–H and O–H groups in total. The van der Waals surface area contributed by atoms with E-state index < -0.39 is 0 Å². The smallest absolute Gasteiger partial charge is 0.0515 e. The lowest BCUT2D eigenvalue weighted by atomic mass is 9.91. The molecular formula is C15H17N. The van der Waals surface area contributed by atoms with Crippen LogP contribution in [0.1, 0.15) is 37.8 Å². The van der Waals surface area contributed by atoms with Crippen LogP contribution < -0.4 is 0 Å². The molecule has 0 radical (unpaired) electrons. The van der Waals surface area contributed by atoms with E-state index in [0.717, 1.165) is 5.92 Å². The quantitative estimate of drug-likeness (QED) is 0.691. The standard InChI is InChI=1S/C15H17N/c1-11-5-4-8-13(11)15-14-7-3-2-6-12(14)9-10-16-15/h2-3,6-7,9-11,13H,4-5,8H2,1H3/t11-,13-/m1/s1. The van der Waals surface area contributed by atoms with Gasteiger partial charge in [-0.25, -0.2) is 0 Å². The Morgan fingerprint density at radius 3 is 2.81 bits per heavy atom. The largest absolute Gasteiger partial charge is 0.260 e. The number of nitrogens with zero attached hydrogens (tertiary/aromatic N) is 1. The minimum absolute atomic E-state index is 0.672. The second kappa shape index (κ2) is 3.89. The SMILES string of the molecule is C[C@@H]1CCC[C@H]1c1nccc2ccccc12. The molecule has 16 heavy (non-hydrogen) atoms. The van der Waals surface area contributed by atoms with Crippen molar-refractivity contribution in [2.45, 2.75) is 32.1 Å². The normalized spacial score (nSPS) is 25.1. The predicted molar refractivity (Wildman–Crippen MR) is 67.5 cm³/mol. The average molecular weight is 211 g/mol. The zero-order chi connectivity index (χ0) is 11.0. The van der Waals surface area contributed by atoms with Gasteiger partial charge in [0, 0.05) is 17.5 Å². The van der Waals surface area contributed by atoms with Crippen LogP contribution in [0.5, 0.6) is 0 Å². The maximum Gasteiger partial charge on any atom is 0.0515 e. The Bertz CT molecular complexity index is 498. The first-order valence-electron chi connectivity index (χ1n) is 6.20. The van der Waals surface area contributed by atoms with Crippen LogP contribution in [0.25, 0.3) is 10.8 Å². The molecule has 1 aliphatic carbocycles. The van der Waals surface area contributed by atoms with Crippen LogP contribution in [0.3, 0.4) is 0 Å². The van der Waals surface area contributed by atoms with Gasteiger partial charge in [-0.3, -0.25) is 4.98 Å². The highest BCUT2D eigenvalue weighted by Crippen LogP contribution is 2.40. The van der Waals surface area contributed by atoms with Crippen LogP contribution in [0.15, 0.2) is 36.5 Å². The number of pyridine rings is 1. The highest BCUT2D eigenvalue weighted by Gasteiger charge is 2.26. The second-order valence-corrected chi connectivity index (χ2v) is 4.93. The number of rotatable bonds is 1. The molecule has 0 saturated heterocycles. The Hall–Kier alpha value is -1.37. The molecule has 0 amide bonds. The summed E-state index contributed by atoms with van der Waals surface area (Å²) in [7, 11) is 0. The lowest BCUT2D eigenvalue weighted by Crippen LogP contribution is -2.04. The molecule has 1 heterocycles.